The van der Waals surface area contributed by atoms with Crippen molar-refractivity contribution in [2.24, 2.45) is 0 Å². The van der Waals surface area contributed by atoms with Crippen molar-refractivity contribution in [3.05, 3.63) is 27.0 Å². The van der Waals surface area contributed by atoms with Gasteiger partial charge in [-0.25, -0.2) is 0 Å². The molecule has 1 saturated heterocycles. The van der Waals surface area contributed by atoms with Gasteiger partial charge in [-0.2, -0.15) is 5.26 Å². The zero-order valence-corrected chi connectivity index (χ0v) is 13.6. The Morgan fingerprint density at radius 3 is 2.83 bits per heavy atom. The predicted molar refractivity (Wildman–Crippen MR) is 84.6 cm³/mol. The van der Waals surface area contributed by atoms with Gasteiger partial charge in [0.25, 0.3) is 5.56 Å². The van der Waals surface area contributed by atoms with Crippen LogP contribution in [0.4, 0.5) is 0 Å². The Bertz CT molecular complexity index is 694. The summed E-state index contributed by atoms with van der Waals surface area (Å²) < 4.78 is 6.61. The Morgan fingerprint density at radius 2 is 2.26 bits per heavy atom. The van der Waals surface area contributed by atoms with E-state index in [1.807, 2.05) is 13.0 Å². The molecule has 0 amide bonds. The quantitative estimate of drug-likeness (QED) is 0.812. The molecule has 23 heavy (non-hydrogen) atoms. The zero-order chi connectivity index (χ0) is 17.0. The first-order valence-electron chi connectivity index (χ1n) is 8.02. The van der Waals surface area contributed by atoms with E-state index >= 15 is 0 Å². The lowest BCUT2D eigenvalue weighted by atomic mass is 9.98. The Balaban J connectivity index is 2.51. The summed E-state index contributed by atoms with van der Waals surface area (Å²) in [6.45, 7) is 4.29. The fraction of sp³-hybridized carbons (Fsp3) is 0.588. The molecule has 1 N–H and O–H groups in total. The number of carbonyl (C=O) groups excluding carboxylic acids is 1. The lowest BCUT2D eigenvalue weighted by Gasteiger charge is -2.18. The summed E-state index contributed by atoms with van der Waals surface area (Å²) in [6.07, 6.45) is 3.36. The molecule has 0 bridgehead atoms. The molecular formula is C17H22N2O4. The van der Waals surface area contributed by atoms with Crippen LogP contribution in [0.25, 0.3) is 0 Å². The van der Waals surface area contributed by atoms with Crippen LogP contribution in [0.2, 0.25) is 0 Å². The van der Waals surface area contributed by atoms with E-state index in [2.05, 4.69) is 0 Å². The van der Waals surface area contributed by atoms with E-state index in [1.54, 1.807) is 0 Å². The minimum absolute atomic E-state index is 0.0827. The Hall–Kier alpha value is -2.13. The summed E-state index contributed by atoms with van der Waals surface area (Å²) in [7, 11) is 0. The summed E-state index contributed by atoms with van der Waals surface area (Å²) >= 11 is 0. The minimum Gasteiger partial charge on any atom is -0.494 e. The van der Waals surface area contributed by atoms with Crippen LogP contribution in [0, 0.1) is 18.3 Å². The first-order valence-corrected chi connectivity index (χ1v) is 8.02. The van der Waals surface area contributed by atoms with Crippen molar-refractivity contribution in [3.63, 3.8) is 0 Å². The van der Waals surface area contributed by atoms with E-state index in [0.29, 0.717) is 13.0 Å². The molecule has 0 radical (unpaired) electrons. The average molecular weight is 318 g/mol. The normalized spacial score (nSPS) is 17.2. The van der Waals surface area contributed by atoms with Crippen LogP contribution in [0.5, 0.6) is 5.88 Å². The molecule has 1 aliphatic heterocycles. The monoisotopic (exact) mass is 318 g/mol. The van der Waals surface area contributed by atoms with E-state index < -0.39 is 5.56 Å². The van der Waals surface area contributed by atoms with Crippen molar-refractivity contribution in [2.45, 2.75) is 58.6 Å². The van der Waals surface area contributed by atoms with Crippen LogP contribution >= 0.6 is 0 Å². The standard InChI is InChI=1S/C17H22N2O4/c1-3-4-7-14(20)15-11(2)13(9-18)16(21)19(17(15)22)10-12-6-5-8-23-12/h12,22H,3-8,10H2,1-2H3. The molecule has 1 unspecified atom stereocenters. The van der Waals surface area contributed by atoms with Gasteiger partial charge in [-0.1, -0.05) is 13.3 Å². The van der Waals surface area contributed by atoms with Crippen molar-refractivity contribution < 1.29 is 14.6 Å². The molecule has 2 heterocycles. The van der Waals surface area contributed by atoms with Crippen LogP contribution in [0.3, 0.4) is 0 Å². The Labute approximate surface area is 135 Å². The number of unbranched alkanes of at least 4 members (excludes halogenated alkanes) is 1. The summed E-state index contributed by atoms with van der Waals surface area (Å²) in [5, 5.41) is 19.7. The Kier molecular flexibility index (Phi) is 5.56. The summed E-state index contributed by atoms with van der Waals surface area (Å²) in [6, 6.07) is 1.87. The predicted octanol–water partition coefficient (Wildman–Crippen LogP) is 2.29. The van der Waals surface area contributed by atoms with Gasteiger partial charge in [-0.05, 0) is 31.7 Å². The van der Waals surface area contributed by atoms with Crippen LogP contribution in [0.15, 0.2) is 4.79 Å². The maximum absolute atomic E-state index is 12.4. The molecule has 2 rings (SSSR count). The summed E-state index contributed by atoms with van der Waals surface area (Å²) in [5.41, 5.74) is -0.294. The lowest BCUT2D eigenvalue weighted by Crippen LogP contribution is -2.30. The van der Waals surface area contributed by atoms with Crippen molar-refractivity contribution in [3.8, 4) is 11.9 Å². The smallest absolute Gasteiger partial charge is 0.271 e. The number of aromatic nitrogens is 1. The second kappa shape index (κ2) is 7.42. The molecule has 0 spiro atoms. The molecule has 0 aromatic carbocycles. The van der Waals surface area contributed by atoms with Gasteiger partial charge in [0.05, 0.1) is 18.2 Å². The highest BCUT2D eigenvalue weighted by atomic mass is 16.5. The number of ketones is 1. The van der Waals surface area contributed by atoms with Crippen molar-refractivity contribution in [1.82, 2.24) is 4.57 Å². The van der Waals surface area contributed by atoms with Crippen LogP contribution in [-0.2, 0) is 11.3 Å². The van der Waals surface area contributed by atoms with Crippen molar-refractivity contribution in [2.75, 3.05) is 6.61 Å². The number of nitrogens with zero attached hydrogens (tertiary/aromatic N) is 2. The van der Waals surface area contributed by atoms with E-state index in [9.17, 15) is 20.0 Å². The Morgan fingerprint density at radius 1 is 1.52 bits per heavy atom. The number of Topliss-reactive ketones (excluding diaryl/α,β-unsaturated/α-hetero) is 1. The molecule has 0 aliphatic carbocycles. The minimum atomic E-state index is -0.565. The third-order valence-corrected chi connectivity index (χ3v) is 4.25. The van der Waals surface area contributed by atoms with Crippen molar-refractivity contribution >= 4 is 5.78 Å². The maximum Gasteiger partial charge on any atom is 0.271 e. The second-order valence-electron chi connectivity index (χ2n) is 5.89. The van der Waals surface area contributed by atoms with Crippen LogP contribution < -0.4 is 5.56 Å². The van der Waals surface area contributed by atoms with Gasteiger partial charge in [-0.15, -0.1) is 0 Å². The lowest BCUT2D eigenvalue weighted by molar-refractivity contribution is 0.0920. The first-order chi connectivity index (χ1) is 11.0. The van der Waals surface area contributed by atoms with Gasteiger partial charge < -0.3 is 9.84 Å². The number of hydrogen-bond donors (Lipinski definition) is 1. The van der Waals surface area contributed by atoms with E-state index in [0.717, 1.165) is 23.8 Å². The van der Waals surface area contributed by atoms with Crippen LogP contribution in [-0.4, -0.2) is 28.2 Å². The number of aromatic hydroxyl groups is 1. The average Bonchev–Trinajstić information content (AvgIpc) is 3.03. The molecule has 1 aliphatic rings. The molecule has 124 valence electrons. The van der Waals surface area contributed by atoms with E-state index in [1.165, 1.54) is 6.92 Å². The fourth-order valence-electron chi connectivity index (χ4n) is 2.91. The number of pyridine rings is 1. The highest BCUT2D eigenvalue weighted by Crippen LogP contribution is 2.25. The fourth-order valence-corrected chi connectivity index (χ4v) is 2.91. The van der Waals surface area contributed by atoms with Gasteiger partial charge in [0.15, 0.2) is 5.78 Å². The second-order valence-corrected chi connectivity index (χ2v) is 5.89. The van der Waals surface area contributed by atoms with Gasteiger partial charge in [0.2, 0.25) is 5.88 Å². The van der Waals surface area contributed by atoms with Crippen molar-refractivity contribution in [1.29, 1.82) is 5.26 Å². The number of ether oxygens (including phenoxy) is 1. The summed E-state index contributed by atoms with van der Waals surface area (Å²) in [4.78, 5) is 24.8. The van der Waals surface area contributed by atoms with E-state index in [-0.39, 0.29) is 47.4 Å². The molecule has 1 fully saturated rings. The maximum atomic E-state index is 12.4. The van der Waals surface area contributed by atoms with Crippen LogP contribution in [0.1, 0.15) is 60.5 Å². The third kappa shape index (κ3) is 3.45. The number of nitriles is 1. The SMILES string of the molecule is CCCCC(=O)c1c(C)c(C#N)c(=O)n(CC2CCCO2)c1O. The number of rotatable bonds is 6. The van der Waals surface area contributed by atoms with Gasteiger partial charge in [0.1, 0.15) is 11.6 Å². The molecule has 1 atom stereocenters. The third-order valence-electron chi connectivity index (χ3n) is 4.25. The molecule has 1 aromatic rings. The molecule has 0 saturated carbocycles. The topological polar surface area (TPSA) is 92.3 Å². The highest BCUT2D eigenvalue weighted by molar-refractivity contribution is 5.99. The largest absolute Gasteiger partial charge is 0.494 e. The first kappa shape index (κ1) is 17.2. The molecular weight excluding hydrogens is 296 g/mol. The van der Waals surface area contributed by atoms with Gasteiger partial charge >= 0.3 is 0 Å². The van der Waals surface area contributed by atoms with Gasteiger partial charge in [-0.3, -0.25) is 14.2 Å². The molecule has 6 heteroatoms. The van der Waals surface area contributed by atoms with E-state index in [4.69, 9.17) is 4.74 Å². The van der Waals surface area contributed by atoms with Gasteiger partial charge in [0, 0.05) is 13.0 Å². The number of carbonyl (C=O) groups is 1. The summed E-state index contributed by atoms with van der Waals surface area (Å²) in [5.74, 6) is -0.581. The number of hydrogen-bond acceptors (Lipinski definition) is 5. The zero-order valence-electron chi connectivity index (χ0n) is 13.6. The molecule has 1 aromatic heterocycles. The highest BCUT2D eigenvalue weighted by Gasteiger charge is 2.26. The molecule has 6 nitrogen and oxygen atoms in total.